The average molecular weight is 252 g/mol. The lowest BCUT2D eigenvalue weighted by Gasteiger charge is -2.27. The smallest absolute Gasteiger partial charge is 0.207 e. The summed E-state index contributed by atoms with van der Waals surface area (Å²) in [7, 11) is 0. The zero-order valence-electron chi connectivity index (χ0n) is 10.4. The molecule has 1 saturated carbocycles. The highest BCUT2D eigenvalue weighted by Crippen LogP contribution is 2.48. The van der Waals surface area contributed by atoms with Crippen molar-refractivity contribution in [3.05, 3.63) is 23.5 Å². The Morgan fingerprint density at radius 2 is 2.28 bits per heavy atom. The third-order valence-corrected chi connectivity index (χ3v) is 3.82. The van der Waals surface area contributed by atoms with E-state index in [9.17, 15) is 9.50 Å². The molecule has 0 saturated heterocycles. The van der Waals surface area contributed by atoms with Gasteiger partial charge in [0.15, 0.2) is 11.5 Å². The van der Waals surface area contributed by atoms with Crippen molar-refractivity contribution in [2.24, 2.45) is 0 Å². The van der Waals surface area contributed by atoms with Gasteiger partial charge in [0, 0.05) is 17.9 Å². The van der Waals surface area contributed by atoms with Crippen LogP contribution in [0.4, 0.5) is 4.39 Å². The number of aliphatic hydroxyl groups excluding tert-OH is 1. The van der Waals surface area contributed by atoms with Crippen molar-refractivity contribution >= 4 is 0 Å². The van der Waals surface area contributed by atoms with E-state index in [2.05, 4.69) is 0 Å². The van der Waals surface area contributed by atoms with Crippen LogP contribution in [-0.2, 0) is 0 Å². The molecular weight excluding hydrogens is 235 g/mol. The Bertz CT molecular complexity index is 461. The Morgan fingerprint density at radius 1 is 1.44 bits per heavy atom. The van der Waals surface area contributed by atoms with Crippen LogP contribution in [0, 0.1) is 5.82 Å². The molecule has 18 heavy (non-hydrogen) atoms. The van der Waals surface area contributed by atoms with Crippen LogP contribution in [-0.4, -0.2) is 23.9 Å². The molecule has 1 unspecified atom stereocenters. The summed E-state index contributed by atoms with van der Waals surface area (Å²) in [5.41, 5.74) is 0.924. The van der Waals surface area contributed by atoms with Crippen LogP contribution >= 0.6 is 0 Å². The molecule has 4 heteroatoms. The molecule has 2 aliphatic rings. The Kier molecular flexibility index (Phi) is 2.90. The maximum atomic E-state index is 14.2. The number of hydrogen-bond donors (Lipinski definition) is 1. The van der Waals surface area contributed by atoms with Crippen molar-refractivity contribution in [1.29, 1.82) is 0 Å². The highest BCUT2D eigenvalue weighted by molar-refractivity contribution is 5.48. The lowest BCUT2D eigenvalue weighted by atomic mass is 9.82. The summed E-state index contributed by atoms with van der Waals surface area (Å²) in [6, 6.07) is 3.57. The van der Waals surface area contributed by atoms with E-state index in [-0.39, 0.29) is 23.9 Å². The summed E-state index contributed by atoms with van der Waals surface area (Å²) >= 11 is 0. The zero-order chi connectivity index (χ0) is 12.7. The number of benzene rings is 1. The first kappa shape index (κ1) is 11.8. The molecule has 3 rings (SSSR count). The monoisotopic (exact) mass is 252 g/mol. The summed E-state index contributed by atoms with van der Waals surface area (Å²) in [6.07, 6.45) is 1.79. The Balaban J connectivity index is 1.94. The number of rotatable bonds is 2. The van der Waals surface area contributed by atoms with Crippen LogP contribution in [0.15, 0.2) is 12.1 Å². The van der Waals surface area contributed by atoms with E-state index in [1.807, 2.05) is 13.0 Å². The van der Waals surface area contributed by atoms with Crippen LogP contribution in [0.1, 0.15) is 37.7 Å². The molecule has 3 nitrogen and oxygen atoms in total. The van der Waals surface area contributed by atoms with Gasteiger partial charge in [-0.1, -0.05) is 6.07 Å². The van der Waals surface area contributed by atoms with Gasteiger partial charge in [-0.15, -0.1) is 0 Å². The molecule has 3 atom stereocenters. The third kappa shape index (κ3) is 1.75. The molecule has 1 aromatic carbocycles. The second-order valence-electron chi connectivity index (χ2n) is 4.96. The first-order valence-corrected chi connectivity index (χ1v) is 6.50. The van der Waals surface area contributed by atoms with E-state index < -0.39 is 5.82 Å². The van der Waals surface area contributed by atoms with Crippen molar-refractivity contribution in [3.63, 3.8) is 0 Å². The standard InChI is InChI=1S/C14H17FO3/c1-2-17-11-6-5-10-9-4-3-8(16)7-12(9)18-14(10)13(11)15/h5-6,8-9,12,16H,2-4,7H2,1H3/t8?,9-,12+/m0/s1. The predicted molar refractivity (Wildman–Crippen MR) is 64.6 cm³/mol. The van der Waals surface area contributed by atoms with E-state index in [4.69, 9.17) is 9.47 Å². The fourth-order valence-electron chi connectivity index (χ4n) is 2.98. The van der Waals surface area contributed by atoms with Crippen molar-refractivity contribution in [2.45, 2.75) is 44.3 Å². The van der Waals surface area contributed by atoms with E-state index in [1.165, 1.54) is 0 Å². The average Bonchev–Trinajstić information content (AvgIpc) is 2.71. The first-order chi connectivity index (χ1) is 8.70. The fourth-order valence-corrected chi connectivity index (χ4v) is 2.98. The molecule has 1 fully saturated rings. The molecular formula is C14H17FO3. The Morgan fingerprint density at radius 3 is 3.06 bits per heavy atom. The normalized spacial score (nSPS) is 29.4. The molecule has 0 aromatic heterocycles. The number of aliphatic hydroxyl groups is 1. The number of hydrogen-bond acceptors (Lipinski definition) is 3. The Labute approximate surface area is 106 Å². The van der Waals surface area contributed by atoms with Crippen LogP contribution in [0.25, 0.3) is 0 Å². The van der Waals surface area contributed by atoms with Crippen LogP contribution < -0.4 is 9.47 Å². The minimum absolute atomic E-state index is 0.0878. The topological polar surface area (TPSA) is 38.7 Å². The van der Waals surface area contributed by atoms with Crippen molar-refractivity contribution in [2.75, 3.05) is 6.61 Å². The van der Waals surface area contributed by atoms with Gasteiger partial charge in [-0.05, 0) is 25.8 Å². The predicted octanol–water partition coefficient (Wildman–Crippen LogP) is 2.61. The summed E-state index contributed by atoms with van der Waals surface area (Å²) in [5, 5.41) is 9.64. The molecule has 0 bridgehead atoms. The highest BCUT2D eigenvalue weighted by Gasteiger charge is 2.40. The molecule has 98 valence electrons. The van der Waals surface area contributed by atoms with E-state index in [0.717, 1.165) is 18.4 Å². The molecule has 1 aliphatic carbocycles. The maximum Gasteiger partial charge on any atom is 0.207 e. The highest BCUT2D eigenvalue weighted by atomic mass is 19.1. The van der Waals surface area contributed by atoms with Crippen molar-refractivity contribution in [3.8, 4) is 11.5 Å². The van der Waals surface area contributed by atoms with Gasteiger partial charge in [-0.25, -0.2) is 0 Å². The minimum atomic E-state index is -0.404. The van der Waals surface area contributed by atoms with Gasteiger partial charge in [-0.3, -0.25) is 0 Å². The van der Waals surface area contributed by atoms with Gasteiger partial charge in [0.25, 0.3) is 0 Å². The summed E-state index contributed by atoms with van der Waals surface area (Å²) in [6.45, 7) is 2.25. The summed E-state index contributed by atoms with van der Waals surface area (Å²) in [4.78, 5) is 0. The minimum Gasteiger partial charge on any atom is -0.491 e. The lowest BCUT2D eigenvalue weighted by Crippen LogP contribution is -2.30. The molecule has 1 aromatic rings. The zero-order valence-corrected chi connectivity index (χ0v) is 10.4. The van der Waals surface area contributed by atoms with E-state index >= 15 is 0 Å². The van der Waals surface area contributed by atoms with Crippen molar-refractivity contribution in [1.82, 2.24) is 0 Å². The van der Waals surface area contributed by atoms with Crippen molar-refractivity contribution < 1.29 is 19.0 Å². The van der Waals surface area contributed by atoms with Crippen LogP contribution in [0.2, 0.25) is 0 Å². The van der Waals surface area contributed by atoms with E-state index in [0.29, 0.717) is 18.8 Å². The van der Waals surface area contributed by atoms with Crippen LogP contribution in [0.3, 0.4) is 0 Å². The van der Waals surface area contributed by atoms with Gasteiger partial charge in [0.05, 0.1) is 12.7 Å². The SMILES string of the molecule is CCOc1ccc2c(c1F)O[C@@H]1CC(O)CC[C@@H]21. The Hall–Kier alpha value is -1.29. The molecule has 0 amide bonds. The van der Waals surface area contributed by atoms with Gasteiger partial charge in [-0.2, -0.15) is 4.39 Å². The molecule has 0 radical (unpaired) electrons. The number of ether oxygens (including phenoxy) is 2. The van der Waals surface area contributed by atoms with Gasteiger partial charge in [0.1, 0.15) is 6.10 Å². The molecule has 0 spiro atoms. The fraction of sp³-hybridized carbons (Fsp3) is 0.571. The van der Waals surface area contributed by atoms with E-state index in [1.54, 1.807) is 6.07 Å². The number of fused-ring (bicyclic) bond motifs is 3. The maximum absolute atomic E-state index is 14.2. The number of halogens is 1. The second-order valence-corrected chi connectivity index (χ2v) is 4.96. The second kappa shape index (κ2) is 4.43. The summed E-state index contributed by atoms with van der Waals surface area (Å²) < 4.78 is 25.1. The van der Waals surface area contributed by atoms with Gasteiger partial charge in [0.2, 0.25) is 5.82 Å². The molecule has 1 N–H and O–H groups in total. The quantitative estimate of drug-likeness (QED) is 0.879. The third-order valence-electron chi connectivity index (χ3n) is 3.82. The summed E-state index contributed by atoms with van der Waals surface area (Å²) in [5.74, 6) is 0.382. The first-order valence-electron chi connectivity index (χ1n) is 6.50. The molecule has 1 aliphatic heterocycles. The lowest BCUT2D eigenvalue weighted by molar-refractivity contribution is 0.0537. The van der Waals surface area contributed by atoms with Gasteiger partial charge < -0.3 is 14.6 Å². The van der Waals surface area contributed by atoms with Gasteiger partial charge >= 0.3 is 0 Å². The molecule has 1 heterocycles. The van der Waals surface area contributed by atoms with Crippen LogP contribution in [0.5, 0.6) is 11.5 Å². The largest absolute Gasteiger partial charge is 0.491 e.